The van der Waals surface area contributed by atoms with Crippen LogP contribution in [0, 0.1) is 6.92 Å². The number of para-hydroxylation sites is 1. The van der Waals surface area contributed by atoms with E-state index >= 15 is 0 Å². The molecule has 2 aromatic rings. The van der Waals surface area contributed by atoms with E-state index in [1.54, 1.807) is 0 Å². The van der Waals surface area contributed by atoms with Gasteiger partial charge in [-0.15, -0.1) is 0 Å². The van der Waals surface area contributed by atoms with Crippen LogP contribution in [-0.2, 0) is 6.54 Å². The highest BCUT2D eigenvalue weighted by Gasteiger charge is 2.24. The van der Waals surface area contributed by atoms with Crippen molar-refractivity contribution in [2.24, 2.45) is 0 Å². The Morgan fingerprint density at radius 1 is 1.32 bits per heavy atom. The number of likely N-dealkylation sites (N-methyl/N-ethyl adjacent to an activating group) is 1. The summed E-state index contributed by atoms with van der Waals surface area (Å²) in [6.45, 7) is 10.7. The molecule has 0 saturated carbocycles. The van der Waals surface area contributed by atoms with E-state index in [9.17, 15) is 0 Å². The smallest absolute Gasteiger partial charge is 0.144 e. The van der Waals surface area contributed by atoms with Gasteiger partial charge in [0.15, 0.2) is 0 Å². The van der Waals surface area contributed by atoms with E-state index in [1.807, 2.05) is 0 Å². The molecule has 1 aliphatic heterocycles. The van der Waals surface area contributed by atoms with Gasteiger partial charge in [0.25, 0.3) is 0 Å². The van der Waals surface area contributed by atoms with Crippen molar-refractivity contribution >= 4 is 10.9 Å². The molecule has 2 heterocycles. The number of aromatic nitrogens is 1. The minimum atomic E-state index is 0.254. The highest BCUT2D eigenvalue weighted by atomic mass is 16.5. The Balaban J connectivity index is 1.91. The van der Waals surface area contributed by atoms with Crippen molar-refractivity contribution in [1.82, 2.24) is 9.47 Å². The van der Waals surface area contributed by atoms with E-state index in [1.165, 1.54) is 16.6 Å². The first-order chi connectivity index (χ1) is 9.22. The average Bonchev–Trinajstić information content (AvgIpc) is 2.74. The molecule has 0 amide bonds. The highest BCUT2D eigenvalue weighted by Crippen LogP contribution is 2.33. The maximum Gasteiger partial charge on any atom is 0.144 e. The zero-order valence-corrected chi connectivity index (χ0v) is 12.0. The summed E-state index contributed by atoms with van der Waals surface area (Å²) in [7, 11) is 0. The van der Waals surface area contributed by atoms with E-state index in [0.29, 0.717) is 0 Å². The number of benzene rings is 1. The van der Waals surface area contributed by atoms with Gasteiger partial charge in [-0.3, -0.25) is 0 Å². The molecule has 0 spiro atoms. The van der Waals surface area contributed by atoms with Crippen LogP contribution in [0.5, 0.6) is 5.75 Å². The van der Waals surface area contributed by atoms with Gasteiger partial charge >= 0.3 is 0 Å². The van der Waals surface area contributed by atoms with E-state index in [2.05, 4.69) is 54.5 Å². The Morgan fingerprint density at radius 3 is 2.84 bits per heavy atom. The highest BCUT2D eigenvalue weighted by molar-refractivity contribution is 5.87. The van der Waals surface area contributed by atoms with Crippen molar-refractivity contribution in [3.63, 3.8) is 0 Å². The maximum atomic E-state index is 6.19. The number of rotatable bonds is 4. The van der Waals surface area contributed by atoms with Gasteiger partial charge in [-0.1, -0.05) is 26.0 Å². The number of nitrogens with zero attached hydrogens (tertiary/aromatic N) is 2. The molecular weight excluding hydrogens is 236 g/mol. The first kappa shape index (κ1) is 12.5. The van der Waals surface area contributed by atoms with Gasteiger partial charge in [0.1, 0.15) is 11.9 Å². The van der Waals surface area contributed by atoms with Crippen molar-refractivity contribution < 1.29 is 4.74 Å². The molecule has 0 N–H and O–H groups in total. The second-order valence-electron chi connectivity index (χ2n) is 5.32. The second-order valence-corrected chi connectivity index (χ2v) is 5.32. The van der Waals surface area contributed by atoms with E-state index in [-0.39, 0.29) is 6.10 Å². The van der Waals surface area contributed by atoms with Gasteiger partial charge in [0, 0.05) is 17.6 Å². The fraction of sp³-hybridized carbons (Fsp3) is 0.500. The molecule has 1 aromatic heterocycles. The molecule has 3 rings (SSSR count). The SMILES string of the molecule is CCN(CC)CC1Cn2c(C)cc3cccc(c32)O1. The van der Waals surface area contributed by atoms with Crippen LogP contribution >= 0.6 is 0 Å². The Morgan fingerprint density at radius 2 is 2.11 bits per heavy atom. The molecule has 102 valence electrons. The lowest BCUT2D eigenvalue weighted by Crippen LogP contribution is -2.39. The van der Waals surface area contributed by atoms with Gasteiger partial charge in [0.2, 0.25) is 0 Å². The lowest BCUT2D eigenvalue weighted by atomic mass is 10.2. The molecule has 1 aliphatic rings. The predicted octanol–water partition coefficient (Wildman–Crippen LogP) is 3.05. The summed E-state index contributed by atoms with van der Waals surface area (Å²) < 4.78 is 8.59. The van der Waals surface area contributed by atoms with Gasteiger partial charge in [0.05, 0.1) is 12.1 Å². The third kappa shape index (κ3) is 2.12. The van der Waals surface area contributed by atoms with Gasteiger partial charge in [-0.25, -0.2) is 0 Å². The molecule has 0 aliphatic carbocycles. The molecule has 3 nitrogen and oxygen atoms in total. The first-order valence-corrected chi connectivity index (χ1v) is 7.20. The number of hydrogen-bond donors (Lipinski definition) is 0. The van der Waals surface area contributed by atoms with Crippen LogP contribution in [0.3, 0.4) is 0 Å². The second kappa shape index (κ2) is 4.89. The van der Waals surface area contributed by atoms with Crippen molar-refractivity contribution in [1.29, 1.82) is 0 Å². The standard InChI is InChI=1S/C16H22N2O/c1-4-17(5-2)10-14-11-18-12(3)9-13-7-6-8-15(19-14)16(13)18/h6-9,14H,4-5,10-11H2,1-3H3. The molecule has 3 heteroatoms. The van der Waals surface area contributed by atoms with Crippen molar-refractivity contribution in [3.05, 3.63) is 30.0 Å². The summed E-state index contributed by atoms with van der Waals surface area (Å²) in [4.78, 5) is 2.43. The number of hydrogen-bond acceptors (Lipinski definition) is 2. The van der Waals surface area contributed by atoms with Crippen molar-refractivity contribution in [2.75, 3.05) is 19.6 Å². The summed E-state index contributed by atoms with van der Waals surface area (Å²) in [5, 5.41) is 1.29. The normalized spacial score (nSPS) is 18.0. The minimum Gasteiger partial charge on any atom is -0.485 e. The molecule has 1 atom stereocenters. The monoisotopic (exact) mass is 258 g/mol. The molecule has 1 unspecified atom stereocenters. The zero-order valence-electron chi connectivity index (χ0n) is 12.0. The molecule has 0 saturated heterocycles. The molecule has 0 bridgehead atoms. The van der Waals surface area contributed by atoms with Crippen LogP contribution in [0.4, 0.5) is 0 Å². The van der Waals surface area contributed by atoms with Crippen LogP contribution in [0.15, 0.2) is 24.3 Å². The Hall–Kier alpha value is -1.48. The third-order valence-corrected chi connectivity index (χ3v) is 4.13. The van der Waals surface area contributed by atoms with Crippen LogP contribution in [-0.4, -0.2) is 35.2 Å². The van der Waals surface area contributed by atoms with Gasteiger partial charge in [-0.2, -0.15) is 0 Å². The van der Waals surface area contributed by atoms with E-state index < -0.39 is 0 Å². The Kier molecular flexibility index (Phi) is 3.23. The van der Waals surface area contributed by atoms with Gasteiger partial charge in [-0.05, 0) is 32.1 Å². The Bertz CT molecular complexity index is 584. The van der Waals surface area contributed by atoms with E-state index in [4.69, 9.17) is 4.74 Å². The zero-order chi connectivity index (χ0) is 13.4. The lowest BCUT2D eigenvalue weighted by molar-refractivity contribution is 0.117. The molecule has 0 radical (unpaired) electrons. The summed E-state index contributed by atoms with van der Waals surface area (Å²) in [5.74, 6) is 1.04. The quantitative estimate of drug-likeness (QED) is 0.838. The van der Waals surface area contributed by atoms with Crippen molar-refractivity contribution in [2.45, 2.75) is 33.4 Å². The summed E-state index contributed by atoms with van der Waals surface area (Å²) in [6, 6.07) is 8.59. The number of ether oxygens (including phenoxy) is 1. The molecular formula is C16H22N2O. The first-order valence-electron chi connectivity index (χ1n) is 7.20. The van der Waals surface area contributed by atoms with Crippen LogP contribution in [0.25, 0.3) is 10.9 Å². The average molecular weight is 258 g/mol. The van der Waals surface area contributed by atoms with Crippen LogP contribution in [0.2, 0.25) is 0 Å². The van der Waals surface area contributed by atoms with E-state index in [0.717, 1.165) is 31.9 Å². The van der Waals surface area contributed by atoms with Crippen LogP contribution in [0.1, 0.15) is 19.5 Å². The largest absolute Gasteiger partial charge is 0.485 e. The molecule has 0 fully saturated rings. The topological polar surface area (TPSA) is 17.4 Å². The predicted molar refractivity (Wildman–Crippen MR) is 78.9 cm³/mol. The molecule has 19 heavy (non-hydrogen) atoms. The van der Waals surface area contributed by atoms with Gasteiger partial charge < -0.3 is 14.2 Å². The number of aryl methyl sites for hydroxylation is 1. The summed E-state index contributed by atoms with van der Waals surface area (Å²) >= 11 is 0. The Labute approximate surface area is 114 Å². The van der Waals surface area contributed by atoms with Crippen molar-refractivity contribution in [3.8, 4) is 5.75 Å². The lowest BCUT2D eigenvalue weighted by Gasteiger charge is -2.30. The fourth-order valence-electron chi connectivity index (χ4n) is 3.04. The van der Waals surface area contributed by atoms with Crippen LogP contribution < -0.4 is 4.74 Å². The summed E-state index contributed by atoms with van der Waals surface area (Å²) in [5.41, 5.74) is 2.59. The summed E-state index contributed by atoms with van der Waals surface area (Å²) in [6.07, 6.45) is 0.254. The minimum absolute atomic E-state index is 0.254. The third-order valence-electron chi connectivity index (χ3n) is 4.13. The fourth-order valence-corrected chi connectivity index (χ4v) is 3.04. The maximum absolute atomic E-state index is 6.19. The molecule has 1 aromatic carbocycles.